The van der Waals surface area contributed by atoms with Gasteiger partial charge in [0.15, 0.2) is 5.82 Å². The van der Waals surface area contributed by atoms with Crippen molar-refractivity contribution in [3.05, 3.63) is 5.56 Å². The highest BCUT2D eigenvalue weighted by atomic mass is 32.1. The zero-order chi connectivity index (χ0) is 14.7. The Hall–Kier alpha value is -1.30. The minimum atomic E-state index is -0.113. The minimum Gasteiger partial charge on any atom is -0.382 e. The number of hydrogen-bond acceptors (Lipinski definition) is 5. The lowest BCUT2D eigenvalue weighted by atomic mass is 10.2. The first-order valence-corrected chi connectivity index (χ1v) is 8.11. The van der Waals surface area contributed by atoms with E-state index >= 15 is 0 Å². The summed E-state index contributed by atoms with van der Waals surface area (Å²) in [5.41, 5.74) is 6.46. The summed E-state index contributed by atoms with van der Waals surface area (Å²) in [4.78, 5) is 14.6. The number of carbonyl (C=O) groups excluding carboxylic acids is 1. The summed E-state index contributed by atoms with van der Waals surface area (Å²) in [6, 6.07) is 0.0951. The van der Waals surface area contributed by atoms with Gasteiger partial charge in [-0.3, -0.25) is 4.79 Å². The van der Waals surface area contributed by atoms with E-state index in [1.807, 2.05) is 13.8 Å². The van der Waals surface area contributed by atoms with Crippen molar-refractivity contribution in [2.45, 2.75) is 46.1 Å². The summed E-state index contributed by atoms with van der Waals surface area (Å²) in [6.45, 7) is 8.00. The molecule has 0 saturated heterocycles. The van der Waals surface area contributed by atoms with Crippen LogP contribution in [0.25, 0.3) is 0 Å². The number of amides is 1. The van der Waals surface area contributed by atoms with Crippen molar-refractivity contribution in [3.8, 4) is 0 Å². The van der Waals surface area contributed by atoms with E-state index in [2.05, 4.69) is 21.5 Å². The summed E-state index contributed by atoms with van der Waals surface area (Å²) in [5, 5.41) is 3.84. The topological polar surface area (TPSA) is 71.2 Å². The van der Waals surface area contributed by atoms with Crippen LogP contribution >= 0.6 is 11.5 Å². The molecule has 3 N–H and O–H groups in total. The number of hydrogen-bond donors (Lipinski definition) is 2. The first kappa shape index (κ1) is 15.1. The fraction of sp³-hybridized carbons (Fsp3) is 0.714. The van der Waals surface area contributed by atoms with Crippen molar-refractivity contribution in [1.29, 1.82) is 0 Å². The first-order chi connectivity index (χ1) is 9.52. The van der Waals surface area contributed by atoms with Gasteiger partial charge in [0.25, 0.3) is 5.91 Å². The number of carbonyl (C=O) groups is 1. The molecule has 0 radical (unpaired) electrons. The van der Waals surface area contributed by atoms with Crippen LogP contribution in [0.15, 0.2) is 0 Å². The molecule has 2 rings (SSSR count). The Kier molecular flexibility index (Phi) is 4.86. The number of nitrogens with one attached hydrogen (secondary N) is 1. The van der Waals surface area contributed by atoms with Gasteiger partial charge < -0.3 is 16.0 Å². The zero-order valence-electron chi connectivity index (χ0n) is 12.5. The van der Waals surface area contributed by atoms with E-state index in [-0.39, 0.29) is 11.9 Å². The third-order valence-corrected chi connectivity index (χ3v) is 4.23. The Balaban J connectivity index is 2.22. The van der Waals surface area contributed by atoms with Crippen LogP contribution in [0, 0.1) is 5.92 Å². The summed E-state index contributed by atoms with van der Waals surface area (Å²) in [5.74, 6) is 1.00. The van der Waals surface area contributed by atoms with Gasteiger partial charge in [-0.2, -0.15) is 4.37 Å². The molecule has 0 aliphatic heterocycles. The van der Waals surface area contributed by atoms with E-state index in [0.717, 1.165) is 30.4 Å². The third-order valence-electron chi connectivity index (χ3n) is 3.30. The molecule has 5 nitrogen and oxygen atoms in total. The molecule has 1 heterocycles. The van der Waals surface area contributed by atoms with E-state index in [9.17, 15) is 4.79 Å². The second-order valence-corrected chi connectivity index (χ2v) is 6.52. The monoisotopic (exact) mass is 296 g/mol. The fourth-order valence-corrected chi connectivity index (χ4v) is 3.06. The normalized spacial score (nSPS) is 14.6. The molecule has 1 aromatic rings. The average Bonchev–Trinajstić information content (AvgIpc) is 3.09. The lowest BCUT2D eigenvalue weighted by molar-refractivity contribution is 0.0944. The van der Waals surface area contributed by atoms with Gasteiger partial charge in [0.1, 0.15) is 10.6 Å². The maximum absolute atomic E-state index is 12.3. The van der Waals surface area contributed by atoms with Crippen molar-refractivity contribution in [2.75, 3.05) is 23.7 Å². The van der Waals surface area contributed by atoms with Crippen LogP contribution in [-0.4, -0.2) is 29.4 Å². The highest BCUT2D eigenvalue weighted by Crippen LogP contribution is 2.36. The molecule has 20 heavy (non-hydrogen) atoms. The lowest BCUT2D eigenvalue weighted by Crippen LogP contribution is -2.33. The molecular weight excluding hydrogens is 272 g/mol. The molecule has 1 aromatic heterocycles. The number of aromatic nitrogens is 1. The first-order valence-electron chi connectivity index (χ1n) is 7.33. The molecule has 1 amide bonds. The predicted molar refractivity (Wildman–Crippen MR) is 84.4 cm³/mol. The smallest absolute Gasteiger partial charge is 0.258 e. The van der Waals surface area contributed by atoms with Crippen molar-refractivity contribution in [2.24, 2.45) is 5.92 Å². The van der Waals surface area contributed by atoms with Crippen LogP contribution < -0.4 is 16.0 Å². The zero-order valence-corrected chi connectivity index (χ0v) is 13.3. The Bertz CT molecular complexity index is 468. The highest BCUT2D eigenvalue weighted by molar-refractivity contribution is 7.11. The number of nitrogens with two attached hydrogens (primary N) is 1. The Morgan fingerprint density at radius 2 is 2.25 bits per heavy atom. The summed E-state index contributed by atoms with van der Waals surface area (Å²) in [6.07, 6.45) is 3.64. The maximum Gasteiger partial charge on any atom is 0.258 e. The van der Waals surface area contributed by atoms with Crippen LogP contribution in [-0.2, 0) is 0 Å². The average molecular weight is 296 g/mol. The van der Waals surface area contributed by atoms with Gasteiger partial charge in [0.05, 0.1) is 0 Å². The van der Waals surface area contributed by atoms with Crippen LogP contribution in [0.3, 0.4) is 0 Å². The highest BCUT2D eigenvalue weighted by Gasteiger charge is 2.29. The SMILES string of the molecule is CCCN(CC1CC1)c1snc(N)c1C(=O)NC(C)C. The largest absolute Gasteiger partial charge is 0.382 e. The van der Waals surface area contributed by atoms with Crippen LogP contribution in [0.5, 0.6) is 0 Å². The Morgan fingerprint density at radius 1 is 1.55 bits per heavy atom. The van der Waals surface area contributed by atoms with Gasteiger partial charge >= 0.3 is 0 Å². The van der Waals surface area contributed by atoms with Gasteiger partial charge in [-0.25, -0.2) is 0 Å². The van der Waals surface area contributed by atoms with Gasteiger partial charge in [0.2, 0.25) is 0 Å². The van der Waals surface area contributed by atoms with E-state index in [0.29, 0.717) is 11.4 Å². The summed E-state index contributed by atoms with van der Waals surface area (Å²) >= 11 is 1.34. The number of nitrogens with zero attached hydrogens (tertiary/aromatic N) is 2. The molecule has 0 atom stereocenters. The molecular formula is C14H24N4OS. The van der Waals surface area contributed by atoms with E-state index in [1.54, 1.807) is 0 Å². The lowest BCUT2D eigenvalue weighted by Gasteiger charge is -2.23. The second-order valence-electron chi connectivity index (χ2n) is 5.77. The fourth-order valence-electron chi connectivity index (χ4n) is 2.21. The van der Waals surface area contributed by atoms with E-state index < -0.39 is 0 Å². The second kappa shape index (κ2) is 6.43. The summed E-state index contributed by atoms with van der Waals surface area (Å²) < 4.78 is 4.19. The predicted octanol–water partition coefficient (Wildman–Crippen LogP) is 2.49. The van der Waals surface area contributed by atoms with Crippen molar-refractivity contribution in [1.82, 2.24) is 9.69 Å². The van der Waals surface area contributed by atoms with Gasteiger partial charge in [0, 0.05) is 19.1 Å². The molecule has 0 bridgehead atoms. The molecule has 1 saturated carbocycles. The maximum atomic E-state index is 12.3. The van der Waals surface area contributed by atoms with Gasteiger partial charge in [-0.1, -0.05) is 6.92 Å². The van der Waals surface area contributed by atoms with E-state index in [1.165, 1.54) is 24.4 Å². The molecule has 1 aliphatic carbocycles. The summed E-state index contributed by atoms with van der Waals surface area (Å²) in [7, 11) is 0. The van der Waals surface area contributed by atoms with Crippen molar-refractivity contribution >= 4 is 28.3 Å². The molecule has 112 valence electrons. The molecule has 1 aliphatic rings. The molecule has 0 aromatic carbocycles. The standard InChI is InChI=1S/C14H24N4OS/c1-4-7-18(8-10-5-6-10)14-11(12(15)17-20-14)13(19)16-9(2)3/h9-10H,4-8H2,1-3H3,(H2,15,17)(H,16,19). The quantitative estimate of drug-likeness (QED) is 0.811. The Morgan fingerprint density at radius 3 is 2.80 bits per heavy atom. The Labute approximate surface area is 124 Å². The molecule has 0 spiro atoms. The molecule has 6 heteroatoms. The van der Waals surface area contributed by atoms with Crippen LogP contribution in [0.4, 0.5) is 10.8 Å². The van der Waals surface area contributed by atoms with Crippen LogP contribution in [0.2, 0.25) is 0 Å². The number of rotatable bonds is 7. The minimum absolute atomic E-state index is 0.0951. The van der Waals surface area contributed by atoms with E-state index in [4.69, 9.17) is 5.73 Å². The number of anilines is 2. The third kappa shape index (κ3) is 3.62. The molecule has 1 fully saturated rings. The van der Waals surface area contributed by atoms with Gasteiger partial charge in [-0.15, -0.1) is 0 Å². The van der Waals surface area contributed by atoms with Crippen molar-refractivity contribution in [3.63, 3.8) is 0 Å². The van der Waals surface area contributed by atoms with Crippen molar-refractivity contribution < 1.29 is 4.79 Å². The van der Waals surface area contributed by atoms with Crippen LogP contribution in [0.1, 0.15) is 50.4 Å². The van der Waals surface area contributed by atoms with Gasteiger partial charge in [-0.05, 0) is 50.6 Å². The number of nitrogen functional groups attached to an aromatic ring is 1. The molecule has 0 unspecified atom stereocenters.